The van der Waals surface area contributed by atoms with Gasteiger partial charge in [0.15, 0.2) is 0 Å². The van der Waals surface area contributed by atoms with Crippen molar-refractivity contribution in [1.82, 2.24) is 5.32 Å². The Kier molecular flexibility index (Phi) is 1.61. The van der Waals surface area contributed by atoms with E-state index in [9.17, 15) is 8.78 Å². The van der Waals surface area contributed by atoms with Crippen LogP contribution in [0.5, 0.6) is 0 Å². The molecule has 0 radical (unpaired) electrons. The summed E-state index contributed by atoms with van der Waals surface area (Å²) in [6.45, 7) is 1.87. The summed E-state index contributed by atoms with van der Waals surface area (Å²) < 4.78 is 29.7. The van der Waals surface area contributed by atoms with Gasteiger partial charge in [-0.1, -0.05) is 0 Å². The molecule has 0 aromatic rings. The fourth-order valence-corrected chi connectivity index (χ4v) is 1.08. The van der Waals surface area contributed by atoms with Crippen LogP contribution in [-0.2, 0) is 4.74 Å². The molecule has 2 nitrogen and oxygen atoms in total. The van der Waals surface area contributed by atoms with Crippen LogP contribution < -0.4 is 5.32 Å². The quantitative estimate of drug-likeness (QED) is 0.659. The van der Waals surface area contributed by atoms with Gasteiger partial charge >= 0.3 is 0 Å². The van der Waals surface area contributed by atoms with Crippen molar-refractivity contribution in [2.75, 3.05) is 19.7 Å². The highest BCUT2D eigenvalue weighted by molar-refractivity contribution is 4.95. The Morgan fingerprint density at radius 2 is 2.09 bits per heavy atom. The van der Waals surface area contributed by atoms with E-state index >= 15 is 0 Å². The Morgan fingerprint density at radius 1 is 1.45 bits per heavy atom. The molecule has 1 saturated carbocycles. The van der Waals surface area contributed by atoms with Gasteiger partial charge in [-0.3, -0.25) is 0 Å². The fourth-order valence-electron chi connectivity index (χ4n) is 1.08. The van der Waals surface area contributed by atoms with Crippen LogP contribution in [0.4, 0.5) is 8.78 Å². The summed E-state index contributed by atoms with van der Waals surface area (Å²) in [7, 11) is 0. The highest BCUT2D eigenvalue weighted by Crippen LogP contribution is 2.48. The smallest absolute Gasteiger partial charge is 0.253 e. The molecule has 0 spiro atoms. The second-order valence-corrected chi connectivity index (χ2v) is 3.28. The lowest BCUT2D eigenvalue weighted by Crippen LogP contribution is -2.48. The van der Waals surface area contributed by atoms with Crippen molar-refractivity contribution in [3.8, 4) is 0 Å². The molecule has 64 valence electrons. The molecule has 2 rings (SSSR count). The summed E-state index contributed by atoms with van der Waals surface area (Å²) in [6, 6.07) is 0. The molecule has 11 heavy (non-hydrogen) atoms. The molecule has 1 atom stereocenters. The van der Waals surface area contributed by atoms with Gasteiger partial charge in [-0.25, -0.2) is 8.78 Å². The van der Waals surface area contributed by atoms with E-state index in [1.165, 1.54) is 0 Å². The third-order valence-electron chi connectivity index (χ3n) is 2.23. The maximum Gasteiger partial charge on any atom is 0.253 e. The lowest BCUT2D eigenvalue weighted by molar-refractivity contribution is -0.00767. The highest BCUT2D eigenvalue weighted by atomic mass is 19.3. The Hall–Kier alpha value is -0.220. The second-order valence-electron chi connectivity index (χ2n) is 3.28. The molecule has 1 saturated heterocycles. The molecular weight excluding hydrogens is 152 g/mol. The molecule has 4 heteroatoms. The van der Waals surface area contributed by atoms with Gasteiger partial charge in [0.25, 0.3) is 5.92 Å². The van der Waals surface area contributed by atoms with Gasteiger partial charge in [-0.2, -0.15) is 0 Å². The zero-order valence-corrected chi connectivity index (χ0v) is 6.15. The molecule has 1 aliphatic carbocycles. The molecule has 0 bridgehead atoms. The Bertz CT molecular complexity index is 159. The molecular formula is C7H11F2NO. The predicted molar refractivity (Wildman–Crippen MR) is 35.7 cm³/mol. The lowest BCUT2D eigenvalue weighted by Gasteiger charge is -2.26. The summed E-state index contributed by atoms with van der Waals surface area (Å²) in [5.41, 5.74) is 0. The Balaban J connectivity index is 1.61. The largest absolute Gasteiger partial charge is 0.375 e. The number of nitrogens with one attached hydrogen (secondary N) is 1. The summed E-state index contributed by atoms with van der Waals surface area (Å²) in [5.74, 6) is -2.92. The van der Waals surface area contributed by atoms with Gasteiger partial charge in [0, 0.05) is 19.5 Å². The lowest BCUT2D eigenvalue weighted by atomic mass is 10.2. The Labute approximate surface area is 63.9 Å². The van der Waals surface area contributed by atoms with Crippen molar-refractivity contribution >= 4 is 0 Å². The van der Waals surface area contributed by atoms with Crippen LogP contribution in [0.2, 0.25) is 0 Å². The number of halogens is 2. The molecule has 0 aromatic carbocycles. The van der Waals surface area contributed by atoms with Crippen molar-refractivity contribution in [3.63, 3.8) is 0 Å². The predicted octanol–water partition coefficient (Wildman–Crippen LogP) is 0.630. The van der Waals surface area contributed by atoms with Gasteiger partial charge in [0.1, 0.15) is 0 Å². The third kappa shape index (κ3) is 1.51. The minimum absolute atomic E-state index is 0.0210. The van der Waals surface area contributed by atoms with E-state index in [0.717, 1.165) is 13.1 Å². The van der Waals surface area contributed by atoms with Crippen molar-refractivity contribution in [1.29, 1.82) is 0 Å². The minimum Gasteiger partial charge on any atom is -0.375 e. The molecule has 1 aliphatic heterocycles. The summed E-state index contributed by atoms with van der Waals surface area (Å²) in [4.78, 5) is 0. The summed E-state index contributed by atoms with van der Waals surface area (Å²) in [6.07, 6.45) is 0.207. The number of ether oxygens (including phenoxy) is 1. The highest BCUT2D eigenvalue weighted by Gasteiger charge is 2.56. The van der Waals surface area contributed by atoms with E-state index in [2.05, 4.69) is 5.32 Å². The molecule has 2 fully saturated rings. The molecule has 0 amide bonds. The Morgan fingerprint density at radius 3 is 2.45 bits per heavy atom. The van der Waals surface area contributed by atoms with Gasteiger partial charge in [-0.05, 0) is 0 Å². The first-order valence-electron chi connectivity index (χ1n) is 3.88. The second kappa shape index (κ2) is 2.38. The monoisotopic (exact) mass is 163 g/mol. The van der Waals surface area contributed by atoms with Crippen molar-refractivity contribution in [2.45, 2.75) is 18.4 Å². The number of hydrogen-bond donors (Lipinski definition) is 1. The number of rotatable bonds is 3. The standard InChI is InChI=1S/C7H11F2NO/c8-7(9)1-5(7)4-11-6-2-10-3-6/h5-6,10H,1-4H2. The van der Waals surface area contributed by atoms with Gasteiger partial charge in [-0.15, -0.1) is 0 Å². The van der Waals surface area contributed by atoms with Crippen LogP contribution in [0.15, 0.2) is 0 Å². The summed E-state index contributed by atoms with van der Waals surface area (Å²) >= 11 is 0. The molecule has 1 N–H and O–H groups in total. The SMILES string of the molecule is FC1(F)CC1COC1CNC1. The van der Waals surface area contributed by atoms with Gasteiger partial charge < -0.3 is 10.1 Å². The van der Waals surface area contributed by atoms with Gasteiger partial charge in [0.2, 0.25) is 0 Å². The van der Waals surface area contributed by atoms with Crippen LogP contribution in [0.25, 0.3) is 0 Å². The fraction of sp³-hybridized carbons (Fsp3) is 1.00. The van der Waals surface area contributed by atoms with Crippen molar-refractivity contribution in [3.05, 3.63) is 0 Å². The van der Waals surface area contributed by atoms with E-state index < -0.39 is 11.8 Å². The number of alkyl halides is 2. The zero-order chi connectivity index (χ0) is 7.90. The van der Waals surface area contributed by atoms with Crippen molar-refractivity contribution < 1.29 is 13.5 Å². The molecule has 0 aromatic heterocycles. The van der Waals surface area contributed by atoms with E-state index in [1.807, 2.05) is 0 Å². The average molecular weight is 163 g/mol. The van der Waals surface area contributed by atoms with Gasteiger partial charge in [0.05, 0.1) is 18.6 Å². The van der Waals surface area contributed by atoms with Crippen LogP contribution in [-0.4, -0.2) is 31.7 Å². The van der Waals surface area contributed by atoms with E-state index in [0.29, 0.717) is 0 Å². The first-order valence-corrected chi connectivity index (χ1v) is 3.88. The third-order valence-corrected chi connectivity index (χ3v) is 2.23. The normalized spacial score (nSPS) is 34.9. The van der Waals surface area contributed by atoms with E-state index in [1.54, 1.807) is 0 Å². The van der Waals surface area contributed by atoms with Crippen LogP contribution in [0, 0.1) is 5.92 Å². The molecule has 1 heterocycles. The van der Waals surface area contributed by atoms with Crippen molar-refractivity contribution in [2.24, 2.45) is 5.92 Å². The maximum absolute atomic E-state index is 12.3. The van der Waals surface area contributed by atoms with E-state index in [-0.39, 0.29) is 19.1 Å². The molecule has 2 aliphatic rings. The van der Waals surface area contributed by atoms with E-state index in [4.69, 9.17) is 4.74 Å². The first kappa shape index (κ1) is 7.43. The average Bonchev–Trinajstić information content (AvgIpc) is 2.36. The number of hydrogen-bond acceptors (Lipinski definition) is 2. The topological polar surface area (TPSA) is 21.3 Å². The maximum atomic E-state index is 12.3. The van der Waals surface area contributed by atoms with Crippen LogP contribution in [0.1, 0.15) is 6.42 Å². The molecule has 1 unspecified atom stereocenters. The van der Waals surface area contributed by atoms with Crippen LogP contribution >= 0.6 is 0 Å². The summed E-state index contributed by atoms with van der Waals surface area (Å²) in [5, 5.41) is 3.01. The first-order chi connectivity index (χ1) is 5.18. The zero-order valence-electron chi connectivity index (χ0n) is 6.15. The van der Waals surface area contributed by atoms with Crippen LogP contribution in [0.3, 0.4) is 0 Å². The minimum atomic E-state index is -2.42.